The van der Waals surface area contributed by atoms with Crippen LogP contribution in [0.1, 0.15) is 31.2 Å². The fraction of sp³-hybridized carbons (Fsp3) is 0.429. The molecule has 1 aromatic carbocycles. The van der Waals surface area contributed by atoms with E-state index in [0.717, 1.165) is 29.5 Å². The number of allylic oxidation sites excluding steroid dienone is 1. The SMILES string of the molecule is Oc1c(Br)cccc1CNCCC1=CCCC1. The first-order valence-electron chi connectivity index (χ1n) is 6.12. The highest BCUT2D eigenvalue weighted by Gasteiger charge is 2.05. The number of aromatic hydroxyl groups is 1. The molecule has 2 nitrogen and oxygen atoms in total. The van der Waals surface area contributed by atoms with Crippen LogP contribution in [-0.4, -0.2) is 11.7 Å². The van der Waals surface area contributed by atoms with E-state index in [9.17, 15) is 5.11 Å². The van der Waals surface area contributed by atoms with Crippen LogP contribution >= 0.6 is 15.9 Å². The highest BCUT2D eigenvalue weighted by Crippen LogP contribution is 2.27. The predicted molar refractivity (Wildman–Crippen MR) is 74.1 cm³/mol. The zero-order valence-corrected chi connectivity index (χ0v) is 11.5. The summed E-state index contributed by atoms with van der Waals surface area (Å²) in [7, 11) is 0. The maximum atomic E-state index is 9.81. The minimum absolute atomic E-state index is 0.347. The Morgan fingerprint density at radius 1 is 1.35 bits per heavy atom. The summed E-state index contributed by atoms with van der Waals surface area (Å²) in [5, 5.41) is 13.2. The summed E-state index contributed by atoms with van der Waals surface area (Å²) >= 11 is 3.32. The molecule has 0 unspecified atom stereocenters. The van der Waals surface area contributed by atoms with Gasteiger partial charge in [0.05, 0.1) is 4.47 Å². The third kappa shape index (κ3) is 3.58. The minimum Gasteiger partial charge on any atom is -0.506 e. The van der Waals surface area contributed by atoms with Crippen LogP contribution in [0.3, 0.4) is 0 Å². The van der Waals surface area contributed by atoms with E-state index in [-0.39, 0.29) is 0 Å². The number of phenolic OH excluding ortho intramolecular Hbond substituents is 1. The molecule has 1 aliphatic carbocycles. The molecule has 0 saturated carbocycles. The summed E-state index contributed by atoms with van der Waals surface area (Å²) in [6.45, 7) is 1.70. The lowest BCUT2D eigenvalue weighted by molar-refractivity contribution is 0.461. The van der Waals surface area contributed by atoms with Crippen LogP contribution in [0, 0.1) is 0 Å². The monoisotopic (exact) mass is 295 g/mol. The van der Waals surface area contributed by atoms with Gasteiger partial charge in [0.2, 0.25) is 0 Å². The topological polar surface area (TPSA) is 32.3 Å². The molecule has 17 heavy (non-hydrogen) atoms. The Morgan fingerprint density at radius 3 is 3.00 bits per heavy atom. The third-order valence-corrected chi connectivity index (χ3v) is 3.78. The number of para-hydroxylation sites is 1. The lowest BCUT2D eigenvalue weighted by Gasteiger charge is -2.08. The fourth-order valence-electron chi connectivity index (χ4n) is 2.14. The van der Waals surface area contributed by atoms with Gasteiger partial charge in [-0.1, -0.05) is 23.8 Å². The summed E-state index contributed by atoms with van der Waals surface area (Å²) < 4.78 is 0.760. The van der Waals surface area contributed by atoms with E-state index in [4.69, 9.17) is 0 Å². The second kappa shape index (κ2) is 6.22. The molecule has 2 N–H and O–H groups in total. The van der Waals surface area contributed by atoms with Gasteiger partial charge in [-0.3, -0.25) is 0 Å². The molecular formula is C14H18BrNO. The van der Waals surface area contributed by atoms with Gasteiger partial charge in [0.25, 0.3) is 0 Å². The van der Waals surface area contributed by atoms with E-state index in [0.29, 0.717) is 5.75 Å². The highest BCUT2D eigenvalue weighted by molar-refractivity contribution is 9.10. The lowest BCUT2D eigenvalue weighted by atomic mass is 10.1. The van der Waals surface area contributed by atoms with E-state index in [1.165, 1.54) is 19.3 Å². The quantitative estimate of drug-likeness (QED) is 0.641. The van der Waals surface area contributed by atoms with Gasteiger partial charge in [-0.15, -0.1) is 0 Å². The van der Waals surface area contributed by atoms with E-state index in [1.807, 2.05) is 18.2 Å². The van der Waals surface area contributed by atoms with Crippen LogP contribution in [-0.2, 0) is 6.54 Å². The molecule has 1 aliphatic rings. The van der Waals surface area contributed by atoms with Crippen molar-refractivity contribution in [2.75, 3.05) is 6.54 Å². The number of hydrogen-bond donors (Lipinski definition) is 2. The molecule has 0 heterocycles. The molecule has 2 rings (SSSR count). The summed E-state index contributed by atoms with van der Waals surface area (Å²) in [4.78, 5) is 0. The number of halogens is 1. The van der Waals surface area contributed by atoms with E-state index >= 15 is 0 Å². The maximum absolute atomic E-state index is 9.81. The molecule has 0 aliphatic heterocycles. The molecule has 0 bridgehead atoms. The first-order chi connectivity index (χ1) is 8.27. The van der Waals surface area contributed by atoms with E-state index < -0.39 is 0 Å². The largest absolute Gasteiger partial charge is 0.506 e. The molecule has 0 amide bonds. The van der Waals surface area contributed by atoms with Gasteiger partial charge in [0.1, 0.15) is 5.75 Å². The average Bonchev–Trinajstić information content (AvgIpc) is 2.83. The second-order valence-corrected chi connectivity index (χ2v) is 5.28. The van der Waals surface area contributed by atoms with Gasteiger partial charge in [-0.25, -0.2) is 0 Å². The van der Waals surface area contributed by atoms with Crippen LogP contribution in [0.25, 0.3) is 0 Å². The molecule has 0 spiro atoms. The van der Waals surface area contributed by atoms with Gasteiger partial charge in [-0.2, -0.15) is 0 Å². The number of hydrogen-bond acceptors (Lipinski definition) is 2. The molecule has 92 valence electrons. The predicted octanol–water partition coefficient (Wildman–Crippen LogP) is 3.74. The molecule has 0 radical (unpaired) electrons. The molecule has 3 heteroatoms. The number of phenols is 1. The maximum Gasteiger partial charge on any atom is 0.134 e. The third-order valence-electron chi connectivity index (χ3n) is 3.14. The Bertz CT molecular complexity index is 415. The van der Waals surface area contributed by atoms with Crippen molar-refractivity contribution in [2.24, 2.45) is 0 Å². The van der Waals surface area contributed by atoms with Crippen LogP contribution in [0.2, 0.25) is 0 Å². The number of rotatable bonds is 5. The van der Waals surface area contributed by atoms with Crippen molar-refractivity contribution in [3.8, 4) is 5.75 Å². The smallest absolute Gasteiger partial charge is 0.134 e. The van der Waals surface area contributed by atoms with Crippen molar-refractivity contribution in [3.63, 3.8) is 0 Å². The van der Waals surface area contributed by atoms with Crippen LogP contribution < -0.4 is 5.32 Å². The van der Waals surface area contributed by atoms with Crippen LogP contribution in [0.4, 0.5) is 0 Å². The van der Waals surface area contributed by atoms with Crippen LogP contribution in [0.5, 0.6) is 5.75 Å². The number of nitrogens with one attached hydrogen (secondary N) is 1. The van der Waals surface area contributed by atoms with Crippen molar-refractivity contribution in [1.82, 2.24) is 5.32 Å². The average molecular weight is 296 g/mol. The zero-order valence-electron chi connectivity index (χ0n) is 9.88. The minimum atomic E-state index is 0.347. The van der Waals surface area contributed by atoms with Gasteiger partial charge < -0.3 is 10.4 Å². The van der Waals surface area contributed by atoms with Gasteiger partial charge in [0.15, 0.2) is 0 Å². The molecule has 0 atom stereocenters. The van der Waals surface area contributed by atoms with E-state index in [2.05, 4.69) is 27.3 Å². The number of benzene rings is 1. The highest BCUT2D eigenvalue weighted by atomic mass is 79.9. The van der Waals surface area contributed by atoms with Crippen molar-refractivity contribution < 1.29 is 5.11 Å². The Balaban J connectivity index is 1.76. The lowest BCUT2D eigenvalue weighted by Crippen LogP contribution is -2.15. The Labute approximate surface area is 111 Å². The first-order valence-corrected chi connectivity index (χ1v) is 6.91. The standard InChI is InChI=1S/C14H18BrNO/c15-13-7-3-6-12(14(13)17)10-16-9-8-11-4-1-2-5-11/h3-4,6-7,16-17H,1-2,5,8-10H2. The molecule has 0 fully saturated rings. The van der Waals surface area contributed by atoms with Gasteiger partial charge in [-0.05, 0) is 54.2 Å². The van der Waals surface area contributed by atoms with Crippen molar-refractivity contribution in [2.45, 2.75) is 32.2 Å². The summed E-state index contributed by atoms with van der Waals surface area (Å²) in [5.74, 6) is 0.347. The van der Waals surface area contributed by atoms with Crippen molar-refractivity contribution >= 4 is 15.9 Å². The van der Waals surface area contributed by atoms with Crippen LogP contribution in [0.15, 0.2) is 34.3 Å². The molecule has 0 saturated heterocycles. The Kier molecular flexibility index (Phi) is 4.63. The first kappa shape index (κ1) is 12.7. The molecule has 1 aromatic rings. The van der Waals surface area contributed by atoms with Gasteiger partial charge >= 0.3 is 0 Å². The van der Waals surface area contributed by atoms with E-state index in [1.54, 1.807) is 5.57 Å². The second-order valence-electron chi connectivity index (χ2n) is 4.43. The Morgan fingerprint density at radius 2 is 2.24 bits per heavy atom. The molecular weight excluding hydrogens is 278 g/mol. The Hall–Kier alpha value is -0.800. The summed E-state index contributed by atoms with van der Waals surface area (Å²) in [6, 6.07) is 5.74. The van der Waals surface area contributed by atoms with Crippen molar-refractivity contribution in [1.29, 1.82) is 0 Å². The summed E-state index contributed by atoms with van der Waals surface area (Å²) in [5.41, 5.74) is 2.52. The molecule has 0 aromatic heterocycles. The fourth-order valence-corrected chi connectivity index (χ4v) is 2.55. The zero-order chi connectivity index (χ0) is 12.1. The van der Waals surface area contributed by atoms with Crippen molar-refractivity contribution in [3.05, 3.63) is 39.9 Å². The normalized spacial score (nSPS) is 15.0. The van der Waals surface area contributed by atoms with Gasteiger partial charge in [0, 0.05) is 12.1 Å². The summed E-state index contributed by atoms with van der Waals surface area (Å²) in [6.07, 6.45) is 7.33.